The highest BCUT2D eigenvalue weighted by molar-refractivity contribution is 6.04. The predicted octanol–water partition coefficient (Wildman–Crippen LogP) is 2.84. The van der Waals surface area contributed by atoms with E-state index < -0.39 is 23.2 Å². The molecule has 0 bridgehead atoms. The lowest BCUT2D eigenvalue weighted by Crippen LogP contribution is -2.58. The van der Waals surface area contributed by atoms with E-state index in [1.807, 2.05) is 13.8 Å². The lowest BCUT2D eigenvalue weighted by Gasteiger charge is -2.44. The number of hydrogen-bond acceptors (Lipinski definition) is 5. The molecule has 1 spiro atoms. The van der Waals surface area contributed by atoms with Gasteiger partial charge in [0.25, 0.3) is 0 Å². The molecule has 178 valence electrons. The molecule has 2 heterocycles. The number of hydrogen-bond donors (Lipinski definition) is 1. The third-order valence-electron chi connectivity index (χ3n) is 7.75. The number of nitrogens with zero attached hydrogens (tertiary/aromatic N) is 2. The zero-order chi connectivity index (χ0) is 23.4. The van der Waals surface area contributed by atoms with Crippen LogP contribution in [0.1, 0.15) is 79.6 Å². The first-order valence-corrected chi connectivity index (χ1v) is 12.2. The van der Waals surface area contributed by atoms with Gasteiger partial charge in [-0.2, -0.15) is 0 Å². The summed E-state index contributed by atoms with van der Waals surface area (Å²) in [6.07, 6.45) is 4.80. The highest BCUT2D eigenvalue weighted by atomic mass is 16.6. The predicted molar refractivity (Wildman–Crippen MR) is 117 cm³/mol. The van der Waals surface area contributed by atoms with E-state index >= 15 is 0 Å². The second-order valence-electron chi connectivity index (χ2n) is 11.1. The zero-order valence-electron chi connectivity index (χ0n) is 20.0. The molecular formula is C24H37N3O5. The molecule has 32 heavy (non-hydrogen) atoms. The van der Waals surface area contributed by atoms with Gasteiger partial charge in [0.05, 0.1) is 17.5 Å². The summed E-state index contributed by atoms with van der Waals surface area (Å²) in [6.45, 7) is 9.78. The first kappa shape index (κ1) is 23.1. The summed E-state index contributed by atoms with van der Waals surface area (Å²) in [6, 6.07) is -1.25. The second kappa shape index (κ2) is 8.03. The number of likely N-dealkylation sites (tertiary alicyclic amines) is 2. The van der Waals surface area contributed by atoms with Crippen LogP contribution >= 0.6 is 0 Å². The molecule has 0 unspecified atom stereocenters. The number of rotatable bonds is 5. The zero-order valence-corrected chi connectivity index (χ0v) is 20.0. The molecule has 0 aromatic heterocycles. The van der Waals surface area contributed by atoms with Crippen molar-refractivity contribution in [3.8, 4) is 0 Å². The fourth-order valence-electron chi connectivity index (χ4n) is 5.63. The Balaban J connectivity index is 1.58. The average molecular weight is 448 g/mol. The quantitative estimate of drug-likeness (QED) is 0.654. The van der Waals surface area contributed by atoms with Gasteiger partial charge in [-0.05, 0) is 58.8 Å². The number of carbonyl (C=O) groups is 4. The minimum atomic E-state index is -0.728. The normalized spacial score (nSPS) is 28.2. The average Bonchev–Trinajstić information content (AvgIpc) is 3.38. The number of imide groups is 1. The summed E-state index contributed by atoms with van der Waals surface area (Å²) in [5, 5.41) is 2.80. The SMILES string of the molecule is CC[C@H](C)[C@H](NC(=O)OC(C)(C)C)C(=O)N1CC[C@H]2[C@H]1C1(CCC1)C(=O)N2C(=O)C1CC1. The standard InChI is InChI=1S/C24H37N3O5/c1-6-14(2)17(25-22(31)32-23(3,4)5)20(29)26-13-10-16-18(26)24(11-7-12-24)21(30)27(16)19(28)15-8-9-15/h14-18H,6-13H2,1-5H3,(H,25,31)/t14-,16-,17-,18-/m0/s1. The van der Waals surface area contributed by atoms with Crippen molar-refractivity contribution in [2.45, 2.75) is 103 Å². The van der Waals surface area contributed by atoms with Crippen molar-refractivity contribution < 1.29 is 23.9 Å². The van der Waals surface area contributed by atoms with Gasteiger partial charge in [0.1, 0.15) is 11.6 Å². The lowest BCUT2D eigenvalue weighted by atomic mass is 9.64. The lowest BCUT2D eigenvalue weighted by molar-refractivity contribution is -0.152. The van der Waals surface area contributed by atoms with Crippen LogP contribution in [0.15, 0.2) is 0 Å². The number of carbonyl (C=O) groups excluding carboxylic acids is 4. The van der Waals surface area contributed by atoms with E-state index in [1.54, 1.807) is 25.7 Å². The van der Waals surface area contributed by atoms with Gasteiger partial charge in [0.2, 0.25) is 17.7 Å². The molecule has 4 atom stereocenters. The number of alkyl carbamates (subject to hydrolysis) is 1. The highest BCUT2D eigenvalue weighted by Crippen LogP contribution is 2.56. The van der Waals surface area contributed by atoms with Gasteiger partial charge in [-0.1, -0.05) is 26.7 Å². The van der Waals surface area contributed by atoms with Gasteiger partial charge in [-0.25, -0.2) is 4.79 Å². The molecule has 4 rings (SSSR count). The Kier molecular flexibility index (Phi) is 5.78. The Morgan fingerprint density at radius 3 is 2.34 bits per heavy atom. The molecule has 4 aliphatic rings. The maximum Gasteiger partial charge on any atom is 0.408 e. The Bertz CT molecular complexity index is 811. The van der Waals surface area contributed by atoms with Crippen LogP contribution in [-0.4, -0.2) is 63.9 Å². The monoisotopic (exact) mass is 447 g/mol. The largest absolute Gasteiger partial charge is 0.444 e. The summed E-state index contributed by atoms with van der Waals surface area (Å²) in [5.41, 5.74) is -1.29. The molecule has 0 aromatic carbocycles. The Hall–Kier alpha value is -2.12. The fraction of sp³-hybridized carbons (Fsp3) is 0.833. The van der Waals surface area contributed by atoms with Crippen molar-refractivity contribution >= 4 is 23.8 Å². The molecule has 2 saturated heterocycles. The first-order chi connectivity index (χ1) is 15.0. The molecule has 0 radical (unpaired) electrons. The molecule has 2 aliphatic heterocycles. The van der Waals surface area contributed by atoms with Crippen molar-refractivity contribution in [2.24, 2.45) is 17.3 Å². The van der Waals surface area contributed by atoms with E-state index in [1.165, 1.54) is 4.90 Å². The van der Waals surface area contributed by atoms with Crippen LogP contribution in [0.5, 0.6) is 0 Å². The van der Waals surface area contributed by atoms with Gasteiger partial charge >= 0.3 is 6.09 Å². The van der Waals surface area contributed by atoms with Gasteiger partial charge in [0.15, 0.2) is 0 Å². The first-order valence-electron chi connectivity index (χ1n) is 12.2. The van der Waals surface area contributed by atoms with Gasteiger partial charge in [-0.15, -0.1) is 0 Å². The van der Waals surface area contributed by atoms with Crippen LogP contribution < -0.4 is 5.32 Å². The van der Waals surface area contributed by atoms with Gasteiger partial charge in [-0.3, -0.25) is 19.3 Å². The van der Waals surface area contributed by atoms with Gasteiger partial charge < -0.3 is 15.0 Å². The highest BCUT2D eigenvalue weighted by Gasteiger charge is 2.68. The van der Waals surface area contributed by atoms with Gasteiger partial charge in [0, 0.05) is 12.5 Å². The third-order valence-corrected chi connectivity index (χ3v) is 7.75. The summed E-state index contributed by atoms with van der Waals surface area (Å²) < 4.78 is 5.41. The van der Waals surface area contributed by atoms with Crippen LogP contribution in [0.2, 0.25) is 0 Å². The number of ether oxygens (including phenoxy) is 1. The molecule has 8 heteroatoms. The van der Waals surface area contributed by atoms with Crippen LogP contribution in [0.4, 0.5) is 4.79 Å². The van der Waals surface area contributed by atoms with Crippen LogP contribution in [0.25, 0.3) is 0 Å². The van der Waals surface area contributed by atoms with Crippen LogP contribution in [0.3, 0.4) is 0 Å². The van der Waals surface area contributed by atoms with Crippen molar-refractivity contribution in [3.63, 3.8) is 0 Å². The summed E-state index contributed by atoms with van der Waals surface area (Å²) in [7, 11) is 0. The van der Waals surface area contributed by atoms with Crippen molar-refractivity contribution in [3.05, 3.63) is 0 Å². The van der Waals surface area contributed by atoms with E-state index in [9.17, 15) is 19.2 Å². The van der Waals surface area contributed by atoms with E-state index in [-0.39, 0.29) is 41.6 Å². The number of amides is 4. The van der Waals surface area contributed by atoms with Crippen molar-refractivity contribution in [1.82, 2.24) is 15.1 Å². The topological polar surface area (TPSA) is 96.0 Å². The van der Waals surface area contributed by atoms with E-state index in [4.69, 9.17) is 4.74 Å². The molecule has 2 aliphatic carbocycles. The van der Waals surface area contributed by atoms with Crippen LogP contribution in [0, 0.1) is 17.3 Å². The molecule has 0 aromatic rings. The number of nitrogens with one attached hydrogen (secondary N) is 1. The third kappa shape index (κ3) is 3.79. The molecule has 2 saturated carbocycles. The minimum absolute atomic E-state index is 0.0266. The Labute approximate surface area is 190 Å². The maximum absolute atomic E-state index is 13.8. The van der Waals surface area contributed by atoms with E-state index in [0.717, 1.165) is 32.1 Å². The smallest absolute Gasteiger partial charge is 0.408 e. The molecule has 4 amide bonds. The van der Waals surface area contributed by atoms with Crippen molar-refractivity contribution in [2.75, 3.05) is 6.54 Å². The minimum Gasteiger partial charge on any atom is -0.444 e. The summed E-state index contributed by atoms with van der Waals surface area (Å²) >= 11 is 0. The Morgan fingerprint density at radius 1 is 1.19 bits per heavy atom. The Morgan fingerprint density at radius 2 is 1.84 bits per heavy atom. The number of fused-ring (bicyclic) bond motifs is 2. The summed E-state index contributed by atoms with van der Waals surface area (Å²) in [4.78, 5) is 56.0. The van der Waals surface area contributed by atoms with E-state index in [0.29, 0.717) is 19.4 Å². The molecular weight excluding hydrogens is 410 g/mol. The molecule has 1 N–H and O–H groups in total. The van der Waals surface area contributed by atoms with Crippen LogP contribution in [-0.2, 0) is 19.1 Å². The molecule has 8 nitrogen and oxygen atoms in total. The van der Waals surface area contributed by atoms with E-state index in [2.05, 4.69) is 5.32 Å². The van der Waals surface area contributed by atoms with Crippen molar-refractivity contribution in [1.29, 1.82) is 0 Å². The fourth-order valence-corrected chi connectivity index (χ4v) is 5.63. The maximum atomic E-state index is 13.8. The molecule has 4 fully saturated rings. The summed E-state index contributed by atoms with van der Waals surface area (Å²) in [5.74, 6) is -0.409. The second-order valence-corrected chi connectivity index (χ2v) is 11.1.